The molecule has 0 amide bonds. The summed E-state index contributed by atoms with van der Waals surface area (Å²) in [6.07, 6.45) is 7.18. The number of benzene rings is 4. The second kappa shape index (κ2) is 11.6. The Morgan fingerprint density at radius 3 is 0.927 bits per heavy atom. The molecule has 41 heavy (non-hydrogen) atoms. The maximum absolute atomic E-state index is 6.40. The fourth-order valence-electron chi connectivity index (χ4n) is 5.10. The van der Waals surface area contributed by atoms with E-state index in [0.29, 0.717) is 20.1 Å². The predicted molar refractivity (Wildman–Crippen MR) is 170 cm³/mol. The van der Waals surface area contributed by atoms with Gasteiger partial charge in [0.25, 0.3) is 0 Å². The Morgan fingerprint density at radius 1 is 0.439 bits per heavy atom. The van der Waals surface area contributed by atoms with Crippen LogP contribution in [0.4, 0.5) is 0 Å². The maximum atomic E-state index is 6.40. The normalized spacial score (nSPS) is 12.0. The van der Waals surface area contributed by atoms with Crippen molar-refractivity contribution < 1.29 is 0 Å². The largest absolute Gasteiger partial charge is 0.347 e. The zero-order chi connectivity index (χ0) is 28.5. The summed E-state index contributed by atoms with van der Waals surface area (Å²) >= 11 is 27.3. The van der Waals surface area contributed by atoms with E-state index in [1.54, 1.807) is 24.2 Å². The lowest BCUT2D eigenvalue weighted by atomic mass is 9.88. The minimum Gasteiger partial charge on any atom is -0.347 e. The summed E-state index contributed by atoms with van der Waals surface area (Å²) < 4.78 is -1.80. The lowest BCUT2D eigenvalue weighted by Gasteiger charge is -2.43. The first kappa shape index (κ1) is 28.0. The first-order chi connectivity index (χ1) is 19.9. The molecule has 0 atom stereocenters. The number of rotatable bonds is 8. The summed E-state index contributed by atoms with van der Waals surface area (Å²) in [5.41, 5.74) is 3.84. The van der Waals surface area contributed by atoms with E-state index in [9.17, 15) is 0 Å². The van der Waals surface area contributed by atoms with Gasteiger partial charge in [0.1, 0.15) is 21.1 Å². The molecule has 9 heteroatoms. The molecule has 2 heterocycles. The second-order valence-corrected chi connectivity index (χ2v) is 12.5. The van der Waals surface area contributed by atoms with Crippen LogP contribution in [0.5, 0.6) is 0 Å². The molecule has 0 saturated carbocycles. The van der Waals surface area contributed by atoms with E-state index in [1.165, 1.54) is 0 Å². The second-order valence-electron chi connectivity index (χ2n) is 9.37. The van der Waals surface area contributed by atoms with Gasteiger partial charge in [-0.05, 0) is 70.8 Å². The van der Waals surface area contributed by atoms with Gasteiger partial charge in [-0.25, -0.2) is 9.97 Å². The number of imidazole rings is 2. The average Bonchev–Trinajstić information content (AvgIpc) is 3.72. The van der Waals surface area contributed by atoms with Gasteiger partial charge >= 0.3 is 0 Å². The molecule has 0 aliphatic carbocycles. The number of aromatic nitrogens is 4. The quantitative estimate of drug-likeness (QED) is 0.175. The molecule has 2 N–H and O–H groups in total. The number of nitrogens with zero attached hydrogens (tertiary/aromatic N) is 2. The summed E-state index contributed by atoms with van der Waals surface area (Å²) in [5.74, 6) is 1.46. The minimum absolute atomic E-state index is 0.635. The van der Waals surface area contributed by atoms with Crippen molar-refractivity contribution in [3.63, 3.8) is 0 Å². The molecule has 0 spiro atoms. The van der Waals surface area contributed by atoms with E-state index in [2.05, 4.69) is 9.97 Å². The van der Waals surface area contributed by atoms with E-state index < -0.39 is 9.49 Å². The van der Waals surface area contributed by atoms with Crippen molar-refractivity contribution in [3.8, 4) is 0 Å². The Kier molecular flexibility index (Phi) is 7.90. The number of H-pyrrole nitrogens is 2. The molecule has 6 aromatic rings. The summed E-state index contributed by atoms with van der Waals surface area (Å²) in [6.45, 7) is 0. The van der Waals surface area contributed by atoms with Gasteiger partial charge in [0, 0.05) is 44.9 Å². The number of halogens is 4. The highest BCUT2D eigenvalue weighted by molar-refractivity contribution is 8.02. The molecule has 4 aromatic carbocycles. The predicted octanol–water partition coefficient (Wildman–Crippen LogP) is 9.76. The summed E-state index contributed by atoms with van der Waals surface area (Å²) in [6, 6.07) is 31.4. The monoisotopic (exact) mass is 634 g/mol. The molecule has 0 aliphatic heterocycles. The molecular formula is C32H22Cl4N4S. The zero-order valence-corrected chi connectivity index (χ0v) is 25.2. The lowest BCUT2D eigenvalue weighted by Crippen LogP contribution is -2.37. The third-order valence-corrected chi connectivity index (χ3v) is 9.92. The molecule has 204 valence electrons. The van der Waals surface area contributed by atoms with Crippen molar-refractivity contribution in [2.45, 2.75) is 9.49 Å². The van der Waals surface area contributed by atoms with Crippen LogP contribution >= 0.6 is 58.2 Å². The molecule has 0 unspecified atom stereocenters. The summed E-state index contributed by atoms with van der Waals surface area (Å²) in [4.78, 5) is 16.5. The number of nitrogens with one attached hydrogen (secondary N) is 2. The summed E-state index contributed by atoms with van der Waals surface area (Å²) in [5, 5.41) is 2.54. The van der Waals surface area contributed by atoms with Gasteiger partial charge in [-0.3, -0.25) is 0 Å². The van der Waals surface area contributed by atoms with Gasteiger partial charge in [0.05, 0.1) is 0 Å². The van der Waals surface area contributed by atoms with Crippen molar-refractivity contribution in [2.75, 3.05) is 0 Å². The fraction of sp³-hybridized carbons (Fsp3) is 0.0625. The average molecular weight is 636 g/mol. The summed E-state index contributed by atoms with van der Waals surface area (Å²) in [7, 11) is 0. The van der Waals surface area contributed by atoms with E-state index >= 15 is 0 Å². The lowest BCUT2D eigenvalue weighted by molar-refractivity contribution is 0.763. The molecule has 2 aromatic heterocycles. The number of hydrogen-bond donors (Lipinski definition) is 2. The van der Waals surface area contributed by atoms with Crippen molar-refractivity contribution in [3.05, 3.63) is 176 Å². The van der Waals surface area contributed by atoms with Gasteiger partial charge in [-0.2, -0.15) is 0 Å². The van der Waals surface area contributed by atoms with Crippen LogP contribution in [0.3, 0.4) is 0 Å². The molecule has 0 radical (unpaired) electrons. The van der Waals surface area contributed by atoms with E-state index in [1.807, 2.05) is 109 Å². The Bertz CT molecular complexity index is 1500. The Morgan fingerprint density at radius 2 is 0.707 bits per heavy atom. The standard InChI is InChI=1S/C32H22Cl4N4S/c33-25-9-1-21(2-10-25)31(29-37-17-18-38-29,22-3-11-26(34)12-4-22)41-32(30-39-19-20-40-30,23-5-13-27(35)14-6-23)24-7-15-28(36)16-8-24/h1-20H,(H,37,38)(H,39,40). The highest BCUT2D eigenvalue weighted by atomic mass is 35.5. The Labute approximate surface area is 262 Å². The van der Waals surface area contributed by atoms with Crippen LogP contribution < -0.4 is 0 Å². The van der Waals surface area contributed by atoms with Crippen LogP contribution in [0.15, 0.2) is 122 Å². The number of thioether (sulfide) groups is 1. The van der Waals surface area contributed by atoms with Crippen LogP contribution in [0.25, 0.3) is 0 Å². The van der Waals surface area contributed by atoms with Crippen molar-refractivity contribution >= 4 is 58.2 Å². The topological polar surface area (TPSA) is 57.4 Å². The van der Waals surface area contributed by atoms with E-state index in [0.717, 1.165) is 33.9 Å². The fourth-order valence-corrected chi connectivity index (χ4v) is 7.49. The molecule has 0 aliphatic rings. The highest BCUT2D eigenvalue weighted by Crippen LogP contribution is 2.60. The molecule has 6 rings (SSSR count). The maximum Gasteiger partial charge on any atom is 0.131 e. The minimum atomic E-state index is -0.898. The molecular weight excluding hydrogens is 614 g/mol. The van der Waals surface area contributed by atoms with Crippen LogP contribution in [-0.2, 0) is 9.49 Å². The van der Waals surface area contributed by atoms with E-state index in [-0.39, 0.29) is 0 Å². The third kappa shape index (κ3) is 5.18. The van der Waals surface area contributed by atoms with Crippen molar-refractivity contribution in [1.82, 2.24) is 19.9 Å². The molecule has 0 saturated heterocycles. The van der Waals surface area contributed by atoms with Gasteiger partial charge in [-0.15, -0.1) is 11.8 Å². The smallest absolute Gasteiger partial charge is 0.131 e. The van der Waals surface area contributed by atoms with Crippen LogP contribution in [-0.4, -0.2) is 19.9 Å². The Balaban J connectivity index is 1.74. The van der Waals surface area contributed by atoms with Gasteiger partial charge in [-0.1, -0.05) is 94.9 Å². The molecule has 0 bridgehead atoms. The van der Waals surface area contributed by atoms with Crippen molar-refractivity contribution in [2.24, 2.45) is 0 Å². The van der Waals surface area contributed by atoms with Gasteiger partial charge in [0.2, 0.25) is 0 Å². The van der Waals surface area contributed by atoms with Crippen LogP contribution in [0.2, 0.25) is 20.1 Å². The number of hydrogen-bond acceptors (Lipinski definition) is 3. The van der Waals surface area contributed by atoms with E-state index in [4.69, 9.17) is 56.4 Å². The SMILES string of the molecule is Clc1ccc(C(SC(c2ccc(Cl)cc2)(c2ccc(Cl)cc2)c2ncc[nH]2)(c2ccc(Cl)cc2)c2ncc[nH]2)cc1. The van der Waals surface area contributed by atoms with Crippen LogP contribution in [0.1, 0.15) is 33.9 Å². The highest BCUT2D eigenvalue weighted by Gasteiger charge is 2.51. The van der Waals surface area contributed by atoms with Crippen LogP contribution in [0, 0.1) is 0 Å². The third-order valence-electron chi connectivity index (χ3n) is 6.97. The Hall–Kier alpha value is -3.19. The molecule has 4 nitrogen and oxygen atoms in total. The van der Waals surface area contributed by atoms with Crippen molar-refractivity contribution in [1.29, 1.82) is 0 Å². The first-order valence-electron chi connectivity index (χ1n) is 12.7. The van der Waals surface area contributed by atoms with Gasteiger partial charge < -0.3 is 9.97 Å². The zero-order valence-electron chi connectivity index (χ0n) is 21.4. The molecule has 0 fully saturated rings. The number of aromatic amines is 2. The first-order valence-corrected chi connectivity index (χ1v) is 15.0. The van der Waals surface area contributed by atoms with Gasteiger partial charge in [0.15, 0.2) is 0 Å².